The van der Waals surface area contributed by atoms with Crippen molar-refractivity contribution < 1.29 is 5.11 Å². The van der Waals surface area contributed by atoms with Crippen LogP contribution in [0.15, 0.2) is 30.3 Å². The van der Waals surface area contributed by atoms with Gasteiger partial charge in [0.15, 0.2) is 0 Å². The van der Waals surface area contributed by atoms with Crippen molar-refractivity contribution in [2.24, 2.45) is 0 Å². The molecule has 3 aliphatic rings. The zero-order valence-electron chi connectivity index (χ0n) is 13.4. The van der Waals surface area contributed by atoms with Crippen LogP contribution in [0.4, 0.5) is 0 Å². The third-order valence-electron chi connectivity index (χ3n) is 5.99. The summed E-state index contributed by atoms with van der Waals surface area (Å²) >= 11 is 0. The molecule has 2 heterocycles. The molecule has 2 aliphatic heterocycles. The quantitative estimate of drug-likeness (QED) is 0.869. The zero-order valence-corrected chi connectivity index (χ0v) is 13.4. The lowest BCUT2D eigenvalue weighted by Crippen LogP contribution is -2.53. The molecule has 3 nitrogen and oxygen atoms in total. The maximum atomic E-state index is 10.5. The summed E-state index contributed by atoms with van der Waals surface area (Å²) in [5.41, 5.74) is 1.43. The van der Waals surface area contributed by atoms with Crippen molar-refractivity contribution in [2.45, 2.75) is 69.3 Å². The molecule has 22 heavy (non-hydrogen) atoms. The van der Waals surface area contributed by atoms with E-state index in [1.165, 1.54) is 50.8 Å². The molecule has 2 saturated heterocycles. The van der Waals surface area contributed by atoms with Crippen LogP contribution < -0.4 is 0 Å². The van der Waals surface area contributed by atoms with Gasteiger partial charge < -0.3 is 5.11 Å². The van der Waals surface area contributed by atoms with E-state index in [4.69, 9.17) is 0 Å². The lowest BCUT2D eigenvalue weighted by Gasteiger charge is -2.40. The second kappa shape index (κ2) is 6.31. The molecule has 120 valence electrons. The van der Waals surface area contributed by atoms with E-state index in [2.05, 4.69) is 40.1 Å². The smallest absolute Gasteiger partial charge is 0.0695 e. The van der Waals surface area contributed by atoms with Crippen LogP contribution in [0, 0.1) is 0 Å². The van der Waals surface area contributed by atoms with E-state index in [-0.39, 0.29) is 6.10 Å². The highest BCUT2D eigenvalue weighted by atomic mass is 16.3. The van der Waals surface area contributed by atoms with E-state index >= 15 is 0 Å². The first-order chi connectivity index (χ1) is 10.8. The standard InChI is InChI=1S/C19H28N2O/c22-19-10-6-2-5-9-18(19)21-14-16-11-17(21)13-20(16)12-15-7-3-1-4-8-15/h1,3-4,7-8,16-19,22H,2,5-6,9-14H2. The molecule has 0 spiro atoms. The van der Waals surface area contributed by atoms with Crippen molar-refractivity contribution >= 4 is 0 Å². The van der Waals surface area contributed by atoms with E-state index < -0.39 is 0 Å². The SMILES string of the molecule is OC1CCCCCC1N1CC2CC1CN2Cc1ccccc1. The van der Waals surface area contributed by atoms with Gasteiger partial charge >= 0.3 is 0 Å². The largest absolute Gasteiger partial charge is 0.391 e. The van der Waals surface area contributed by atoms with Crippen LogP contribution >= 0.6 is 0 Å². The van der Waals surface area contributed by atoms with Crippen LogP contribution in [0.1, 0.15) is 44.1 Å². The summed E-state index contributed by atoms with van der Waals surface area (Å²) in [5, 5.41) is 10.5. The van der Waals surface area contributed by atoms with Gasteiger partial charge in [0, 0.05) is 37.8 Å². The minimum atomic E-state index is -0.0931. The summed E-state index contributed by atoms with van der Waals surface area (Å²) in [6, 6.07) is 12.6. The van der Waals surface area contributed by atoms with Crippen molar-refractivity contribution in [2.75, 3.05) is 13.1 Å². The number of rotatable bonds is 3. The molecule has 0 amide bonds. The van der Waals surface area contributed by atoms with Gasteiger partial charge in [-0.2, -0.15) is 0 Å². The number of likely N-dealkylation sites (tertiary alicyclic amines) is 2. The molecule has 3 heteroatoms. The number of benzene rings is 1. The molecule has 4 unspecified atom stereocenters. The van der Waals surface area contributed by atoms with Crippen molar-refractivity contribution in [3.05, 3.63) is 35.9 Å². The molecular formula is C19H28N2O. The molecule has 1 saturated carbocycles. The van der Waals surface area contributed by atoms with Crippen LogP contribution in [0.25, 0.3) is 0 Å². The number of hydrogen-bond donors (Lipinski definition) is 1. The predicted molar refractivity (Wildman–Crippen MR) is 88.6 cm³/mol. The molecule has 1 aliphatic carbocycles. The summed E-state index contributed by atoms with van der Waals surface area (Å²) in [6.45, 7) is 3.44. The van der Waals surface area contributed by atoms with Gasteiger partial charge in [0.25, 0.3) is 0 Å². The van der Waals surface area contributed by atoms with E-state index in [1.807, 2.05) is 0 Å². The lowest BCUT2D eigenvalue weighted by atomic mass is 10.0. The second-order valence-corrected chi connectivity index (χ2v) is 7.43. The molecule has 1 N–H and O–H groups in total. The number of hydrogen-bond acceptors (Lipinski definition) is 3. The normalized spacial score (nSPS) is 36.6. The van der Waals surface area contributed by atoms with E-state index in [1.54, 1.807) is 0 Å². The topological polar surface area (TPSA) is 26.7 Å². The van der Waals surface area contributed by atoms with Crippen LogP contribution in [0.5, 0.6) is 0 Å². The summed E-state index contributed by atoms with van der Waals surface area (Å²) in [4.78, 5) is 5.31. The fraction of sp³-hybridized carbons (Fsp3) is 0.684. The molecule has 0 radical (unpaired) electrons. The highest BCUT2D eigenvalue weighted by molar-refractivity contribution is 5.16. The Bertz CT molecular complexity index is 491. The third kappa shape index (κ3) is 2.82. The van der Waals surface area contributed by atoms with Gasteiger partial charge in [-0.15, -0.1) is 0 Å². The first-order valence-electron chi connectivity index (χ1n) is 9.03. The fourth-order valence-electron chi connectivity index (χ4n) is 4.85. The summed E-state index contributed by atoms with van der Waals surface area (Å²) in [7, 11) is 0. The molecule has 4 atom stereocenters. The zero-order chi connectivity index (χ0) is 14.9. The molecule has 2 bridgehead atoms. The van der Waals surface area contributed by atoms with Gasteiger partial charge in [0.05, 0.1) is 6.10 Å². The number of nitrogens with zero attached hydrogens (tertiary/aromatic N) is 2. The average molecular weight is 300 g/mol. The molecule has 1 aromatic rings. The van der Waals surface area contributed by atoms with Crippen LogP contribution in [-0.4, -0.2) is 52.2 Å². The van der Waals surface area contributed by atoms with Gasteiger partial charge in [-0.25, -0.2) is 0 Å². The van der Waals surface area contributed by atoms with Crippen molar-refractivity contribution in [3.8, 4) is 0 Å². The second-order valence-electron chi connectivity index (χ2n) is 7.43. The van der Waals surface area contributed by atoms with Crippen molar-refractivity contribution in [1.82, 2.24) is 9.80 Å². The Morgan fingerprint density at radius 3 is 2.55 bits per heavy atom. The number of fused-ring (bicyclic) bond motifs is 2. The van der Waals surface area contributed by atoms with E-state index in [0.29, 0.717) is 18.1 Å². The summed E-state index contributed by atoms with van der Waals surface area (Å²) in [5.74, 6) is 0. The average Bonchev–Trinajstić information content (AvgIpc) is 3.04. The number of piperazine rings is 1. The van der Waals surface area contributed by atoms with Crippen LogP contribution in [0.2, 0.25) is 0 Å². The van der Waals surface area contributed by atoms with E-state index in [9.17, 15) is 5.11 Å². The van der Waals surface area contributed by atoms with Crippen molar-refractivity contribution in [1.29, 1.82) is 0 Å². The fourth-order valence-corrected chi connectivity index (χ4v) is 4.85. The maximum Gasteiger partial charge on any atom is 0.0695 e. The summed E-state index contributed by atoms with van der Waals surface area (Å²) < 4.78 is 0. The lowest BCUT2D eigenvalue weighted by molar-refractivity contribution is 0.0102. The number of aliphatic hydroxyl groups is 1. The minimum absolute atomic E-state index is 0.0931. The molecule has 3 fully saturated rings. The highest BCUT2D eigenvalue weighted by Crippen LogP contribution is 2.36. The molecular weight excluding hydrogens is 272 g/mol. The van der Waals surface area contributed by atoms with Crippen LogP contribution in [-0.2, 0) is 6.54 Å². The van der Waals surface area contributed by atoms with Gasteiger partial charge in [-0.05, 0) is 24.8 Å². The Morgan fingerprint density at radius 1 is 0.955 bits per heavy atom. The Labute approximate surface area is 133 Å². The monoisotopic (exact) mass is 300 g/mol. The predicted octanol–water partition coefficient (Wildman–Crippen LogP) is 2.64. The van der Waals surface area contributed by atoms with Gasteiger partial charge in [-0.1, -0.05) is 49.6 Å². The van der Waals surface area contributed by atoms with Crippen molar-refractivity contribution in [3.63, 3.8) is 0 Å². The Morgan fingerprint density at radius 2 is 1.77 bits per heavy atom. The van der Waals surface area contributed by atoms with Gasteiger partial charge in [0.1, 0.15) is 0 Å². The molecule has 4 rings (SSSR count). The third-order valence-corrected chi connectivity index (χ3v) is 5.99. The Kier molecular flexibility index (Phi) is 4.21. The summed E-state index contributed by atoms with van der Waals surface area (Å²) in [6.07, 6.45) is 7.22. The first kappa shape index (κ1) is 14.7. The van der Waals surface area contributed by atoms with Gasteiger partial charge in [-0.3, -0.25) is 9.80 Å². The number of aliphatic hydroxyl groups excluding tert-OH is 1. The highest BCUT2D eigenvalue weighted by Gasteiger charge is 2.46. The first-order valence-corrected chi connectivity index (χ1v) is 9.03. The van der Waals surface area contributed by atoms with Crippen LogP contribution in [0.3, 0.4) is 0 Å². The molecule has 1 aromatic carbocycles. The molecule has 0 aromatic heterocycles. The van der Waals surface area contributed by atoms with E-state index in [0.717, 1.165) is 13.0 Å². The van der Waals surface area contributed by atoms with Gasteiger partial charge in [0.2, 0.25) is 0 Å². The Hall–Kier alpha value is -0.900. The minimum Gasteiger partial charge on any atom is -0.391 e. The maximum absolute atomic E-state index is 10.5. The Balaban J connectivity index is 1.39.